The summed E-state index contributed by atoms with van der Waals surface area (Å²) in [6.45, 7) is 5.68. The Bertz CT molecular complexity index is 543. The van der Waals surface area contributed by atoms with Crippen molar-refractivity contribution in [2.45, 2.75) is 26.8 Å². The molecule has 108 valence electrons. The van der Waals surface area contributed by atoms with E-state index in [1.54, 1.807) is 18.0 Å². The van der Waals surface area contributed by atoms with Crippen LogP contribution in [-0.2, 0) is 0 Å². The van der Waals surface area contributed by atoms with E-state index in [0.29, 0.717) is 11.5 Å². The van der Waals surface area contributed by atoms with Gasteiger partial charge >= 0.3 is 0 Å². The molecule has 0 spiro atoms. The summed E-state index contributed by atoms with van der Waals surface area (Å²) in [7, 11) is 1.67. The fourth-order valence-corrected chi connectivity index (χ4v) is 1.73. The van der Waals surface area contributed by atoms with E-state index >= 15 is 0 Å². The third-order valence-corrected chi connectivity index (χ3v) is 3.41. The highest BCUT2D eigenvalue weighted by molar-refractivity contribution is 5.94. The summed E-state index contributed by atoms with van der Waals surface area (Å²) in [4.78, 5) is 13.8. The van der Waals surface area contributed by atoms with Crippen LogP contribution in [0, 0.1) is 23.6 Å². The Kier molecular flexibility index (Phi) is 5.72. The van der Waals surface area contributed by atoms with Gasteiger partial charge in [-0.25, -0.2) is 4.39 Å². The molecule has 0 heterocycles. The minimum Gasteiger partial charge on any atom is -0.384 e. The molecule has 0 saturated heterocycles. The van der Waals surface area contributed by atoms with E-state index in [4.69, 9.17) is 5.11 Å². The van der Waals surface area contributed by atoms with Crippen LogP contribution in [0.25, 0.3) is 0 Å². The van der Waals surface area contributed by atoms with Crippen LogP contribution in [0.4, 0.5) is 4.39 Å². The van der Waals surface area contributed by atoms with Crippen LogP contribution in [0.5, 0.6) is 0 Å². The molecule has 0 bridgehead atoms. The number of nitrogens with zero attached hydrogens (tertiary/aromatic N) is 1. The Morgan fingerprint density at radius 2 is 2.05 bits per heavy atom. The van der Waals surface area contributed by atoms with Gasteiger partial charge in [-0.2, -0.15) is 0 Å². The van der Waals surface area contributed by atoms with E-state index in [-0.39, 0.29) is 24.1 Å². The fourth-order valence-electron chi connectivity index (χ4n) is 1.73. The average molecular weight is 277 g/mol. The third kappa shape index (κ3) is 3.82. The molecule has 1 amide bonds. The summed E-state index contributed by atoms with van der Waals surface area (Å²) in [5, 5.41) is 8.60. The van der Waals surface area contributed by atoms with Crippen LogP contribution in [0.1, 0.15) is 36.7 Å². The van der Waals surface area contributed by atoms with E-state index in [0.717, 1.165) is 0 Å². The van der Waals surface area contributed by atoms with E-state index < -0.39 is 5.82 Å². The smallest absolute Gasteiger partial charge is 0.256 e. The minimum atomic E-state index is -0.595. The highest BCUT2D eigenvalue weighted by atomic mass is 19.1. The molecule has 0 aliphatic heterocycles. The Morgan fingerprint density at radius 3 is 2.55 bits per heavy atom. The third-order valence-electron chi connectivity index (χ3n) is 3.41. The van der Waals surface area contributed by atoms with Crippen LogP contribution in [-0.4, -0.2) is 35.6 Å². The van der Waals surface area contributed by atoms with Gasteiger partial charge in [0, 0.05) is 18.7 Å². The van der Waals surface area contributed by atoms with Crippen molar-refractivity contribution in [3.05, 3.63) is 35.1 Å². The fraction of sp³-hybridized carbons (Fsp3) is 0.438. The molecule has 0 aliphatic carbocycles. The molecule has 1 N–H and O–H groups in total. The van der Waals surface area contributed by atoms with Crippen molar-refractivity contribution in [3.8, 4) is 11.8 Å². The molecule has 0 radical (unpaired) electrons. The first kappa shape index (κ1) is 16.2. The molecule has 0 aliphatic rings. The lowest BCUT2D eigenvalue weighted by Crippen LogP contribution is -2.38. The predicted octanol–water partition coefficient (Wildman–Crippen LogP) is 2.29. The largest absolute Gasteiger partial charge is 0.384 e. The van der Waals surface area contributed by atoms with Gasteiger partial charge in [0.25, 0.3) is 5.91 Å². The maximum absolute atomic E-state index is 14.0. The number of hydrogen-bond acceptors (Lipinski definition) is 2. The molecule has 1 rings (SSSR count). The molecule has 1 unspecified atom stereocenters. The van der Waals surface area contributed by atoms with Crippen LogP contribution in [0.15, 0.2) is 18.2 Å². The number of aliphatic hydroxyl groups is 1. The van der Waals surface area contributed by atoms with E-state index in [9.17, 15) is 9.18 Å². The number of aliphatic hydroxyl groups excluding tert-OH is 1. The Labute approximate surface area is 119 Å². The first-order valence-corrected chi connectivity index (χ1v) is 6.55. The van der Waals surface area contributed by atoms with Crippen LogP contribution in [0.3, 0.4) is 0 Å². The second kappa shape index (κ2) is 7.06. The van der Waals surface area contributed by atoms with Gasteiger partial charge in [0.05, 0.1) is 5.56 Å². The molecule has 3 nitrogen and oxygen atoms in total. The second-order valence-corrected chi connectivity index (χ2v) is 5.06. The van der Waals surface area contributed by atoms with Crippen molar-refractivity contribution < 1.29 is 14.3 Å². The maximum Gasteiger partial charge on any atom is 0.256 e. The normalized spacial score (nSPS) is 11.8. The zero-order chi connectivity index (χ0) is 15.3. The van der Waals surface area contributed by atoms with Crippen molar-refractivity contribution in [1.82, 2.24) is 4.90 Å². The average Bonchev–Trinajstić information content (AvgIpc) is 2.42. The minimum absolute atomic E-state index is 0.0238. The zero-order valence-corrected chi connectivity index (χ0v) is 12.3. The molecule has 0 aromatic heterocycles. The summed E-state index contributed by atoms with van der Waals surface area (Å²) in [6, 6.07) is 4.25. The topological polar surface area (TPSA) is 40.5 Å². The second-order valence-electron chi connectivity index (χ2n) is 5.06. The molecule has 4 heteroatoms. The first-order valence-electron chi connectivity index (χ1n) is 6.55. The summed E-state index contributed by atoms with van der Waals surface area (Å²) >= 11 is 0. The van der Waals surface area contributed by atoms with E-state index in [1.807, 2.05) is 20.8 Å². The highest BCUT2D eigenvalue weighted by Gasteiger charge is 2.22. The lowest BCUT2D eigenvalue weighted by molar-refractivity contribution is 0.0702. The van der Waals surface area contributed by atoms with Crippen LogP contribution in [0.2, 0.25) is 0 Å². The number of rotatable bonds is 3. The van der Waals surface area contributed by atoms with Gasteiger partial charge in [-0.3, -0.25) is 4.79 Å². The summed E-state index contributed by atoms with van der Waals surface area (Å²) < 4.78 is 14.0. The van der Waals surface area contributed by atoms with Crippen molar-refractivity contribution in [1.29, 1.82) is 0 Å². The van der Waals surface area contributed by atoms with Gasteiger partial charge in [-0.1, -0.05) is 25.7 Å². The Hall–Kier alpha value is -1.86. The number of carbonyl (C=O) groups is 1. The van der Waals surface area contributed by atoms with Crippen LogP contribution >= 0.6 is 0 Å². The SMILES string of the molecule is CC(C)C(C)N(C)C(=O)c1ccc(C#CCO)cc1F. The molecule has 0 fully saturated rings. The molecule has 1 aromatic carbocycles. The number of carbonyl (C=O) groups excluding carboxylic acids is 1. The number of benzene rings is 1. The maximum atomic E-state index is 14.0. The zero-order valence-electron chi connectivity index (χ0n) is 12.3. The van der Waals surface area contributed by atoms with Crippen molar-refractivity contribution >= 4 is 5.91 Å². The lowest BCUT2D eigenvalue weighted by atomic mass is 10.0. The molecule has 0 saturated carbocycles. The molecular formula is C16H20FNO2. The van der Waals surface area contributed by atoms with E-state index in [2.05, 4.69) is 11.8 Å². The Balaban J connectivity index is 3.00. The van der Waals surface area contributed by atoms with Crippen molar-refractivity contribution in [2.75, 3.05) is 13.7 Å². The van der Waals surface area contributed by atoms with Gasteiger partial charge in [0.2, 0.25) is 0 Å². The van der Waals surface area contributed by atoms with Crippen molar-refractivity contribution in [3.63, 3.8) is 0 Å². The highest BCUT2D eigenvalue weighted by Crippen LogP contribution is 2.16. The predicted molar refractivity (Wildman–Crippen MR) is 76.8 cm³/mol. The summed E-state index contributed by atoms with van der Waals surface area (Å²) in [6.07, 6.45) is 0. The molecule has 1 aromatic rings. The standard InChI is InChI=1S/C16H20FNO2/c1-11(2)12(3)18(4)16(20)14-8-7-13(6-5-9-19)10-15(14)17/h7-8,10-12,19H,9H2,1-4H3. The summed E-state index contributed by atoms with van der Waals surface area (Å²) in [5.74, 6) is 4.40. The van der Waals surface area contributed by atoms with Gasteiger partial charge in [-0.05, 0) is 31.0 Å². The van der Waals surface area contributed by atoms with Crippen molar-refractivity contribution in [2.24, 2.45) is 5.92 Å². The quantitative estimate of drug-likeness (QED) is 0.861. The van der Waals surface area contributed by atoms with E-state index in [1.165, 1.54) is 12.1 Å². The Morgan fingerprint density at radius 1 is 1.40 bits per heavy atom. The number of halogens is 1. The van der Waals surface area contributed by atoms with Gasteiger partial charge in [-0.15, -0.1) is 0 Å². The number of hydrogen-bond donors (Lipinski definition) is 1. The first-order chi connectivity index (χ1) is 9.38. The lowest BCUT2D eigenvalue weighted by Gasteiger charge is -2.28. The van der Waals surface area contributed by atoms with Gasteiger partial charge in [0.1, 0.15) is 12.4 Å². The molecule has 20 heavy (non-hydrogen) atoms. The molecule has 1 atom stereocenters. The summed E-state index contributed by atoms with van der Waals surface area (Å²) in [5.41, 5.74) is 0.474. The monoisotopic (exact) mass is 277 g/mol. The number of amides is 1. The van der Waals surface area contributed by atoms with Crippen LogP contribution < -0.4 is 0 Å². The molecular weight excluding hydrogens is 257 g/mol. The van der Waals surface area contributed by atoms with Gasteiger partial charge < -0.3 is 10.0 Å². The van der Waals surface area contributed by atoms with Gasteiger partial charge in [0.15, 0.2) is 0 Å².